The smallest absolute Gasteiger partial charge is 0.251 e. The Balaban J connectivity index is 2.66. The van der Waals surface area contributed by atoms with Crippen molar-refractivity contribution in [3.05, 3.63) is 23.8 Å². The molecule has 0 aliphatic carbocycles. The Morgan fingerprint density at radius 1 is 1.28 bits per heavy atom. The van der Waals surface area contributed by atoms with E-state index in [0.717, 1.165) is 18.7 Å². The van der Waals surface area contributed by atoms with Crippen LogP contribution in [0.1, 0.15) is 43.5 Å². The topological polar surface area (TPSA) is 67.2 Å². The molecule has 0 atom stereocenters. The first-order valence-corrected chi connectivity index (χ1v) is 6.60. The minimum Gasteiger partial charge on any atom is -0.397 e. The highest BCUT2D eigenvalue weighted by Crippen LogP contribution is 2.20. The van der Waals surface area contributed by atoms with Crippen LogP contribution in [-0.4, -0.2) is 19.0 Å². The van der Waals surface area contributed by atoms with Gasteiger partial charge in [-0.2, -0.15) is 0 Å². The van der Waals surface area contributed by atoms with Crippen molar-refractivity contribution in [1.82, 2.24) is 5.32 Å². The zero-order valence-electron chi connectivity index (χ0n) is 11.3. The number of carbonyl (C=O) groups is 1. The van der Waals surface area contributed by atoms with Crippen molar-refractivity contribution < 1.29 is 4.79 Å². The van der Waals surface area contributed by atoms with Gasteiger partial charge in [0.2, 0.25) is 0 Å². The fraction of sp³-hybridized carbons (Fsp3) is 0.500. The number of anilines is 2. The Labute approximate surface area is 109 Å². The summed E-state index contributed by atoms with van der Waals surface area (Å²) in [6.07, 6.45) is 3.50. The van der Waals surface area contributed by atoms with Crippen LogP contribution < -0.4 is 16.4 Å². The molecule has 0 saturated carbocycles. The molecule has 0 aromatic heterocycles. The van der Waals surface area contributed by atoms with Crippen LogP contribution in [0.5, 0.6) is 0 Å². The second-order valence-corrected chi connectivity index (χ2v) is 4.30. The zero-order chi connectivity index (χ0) is 13.4. The Kier molecular flexibility index (Phi) is 6.05. The average molecular weight is 249 g/mol. The van der Waals surface area contributed by atoms with Crippen LogP contribution in [0.25, 0.3) is 0 Å². The summed E-state index contributed by atoms with van der Waals surface area (Å²) in [4.78, 5) is 11.7. The highest BCUT2D eigenvalue weighted by atomic mass is 16.1. The lowest BCUT2D eigenvalue weighted by atomic mass is 10.1. The molecule has 0 saturated heterocycles. The van der Waals surface area contributed by atoms with Gasteiger partial charge in [0.25, 0.3) is 5.91 Å². The number of nitrogens with one attached hydrogen (secondary N) is 2. The second-order valence-electron chi connectivity index (χ2n) is 4.30. The van der Waals surface area contributed by atoms with Crippen molar-refractivity contribution in [3.8, 4) is 0 Å². The van der Waals surface area contributed by atoms with E-state index in [-0.39, 0.29) is 5.91 Å². The van der Waals surface area contributed by atoms with Crippen LogP contribution in [0.3, 0.4) is 0 Å². The molecule has 0 fully saturated rings. The van der Waals surface area contributed by atoms with Gasteiger partial charge in [-0.15, -0.1) is 0 Å². The molecule has 0 aliphatic heterocycles. The van der Waals surface area contributed by atoms with Gasteiger partial charge in [-0.1, -0.05) is 19.8 Å². The van der Waals surface area contributed by atoms with Crippen molar-refractivity contribution in [3.63, 3.8) is 0 Å². The highest BCUT2D eigenvalue weighted by molar-refractivity contribution is 5.96. The fourth-order valence-electron chi connectivity index (χ4n) is 1.71. The first-order valence-electron chi connectivity index (χ1n) is 6.60. The van der Waals surface area contributed by atoms with Crippen molar-refractivity contribution in [2.45, 2.75) is 33.1 Å². The summed E-state index contributed by atoms with van der Waals surface area (Å²) in [5.41, 5.74) is 8.05. The summed E-state index contributed by atoms with van der Waals surface area (Å²) in [6.45, 7) is 5.59. The Morgan fingerprint density at radius 2 is 2.06 bits per heavy atom. The van der Waals surface area contributed by atoms with E-state index >= 15 is 0 Å². The van der Waals surface area contributed by atoms with Crippen molar-refractivity contribution in [1.29, 1.82) is 0 Å². The van der Waals surface area contributed by atoms with Gasteiger partial charge in [0.1, 0.15) is 0 Å². The van der Waals surface area contributed by atoms with Crippen molar-refractivity contribution >= 4 is 17.3 Å². The normalized spacial score (nSPS) is 10.1. The zero-order valence-corrected chi connectivity index (χ0v) is 11.3. The molecule has 4 nitrogen and oxygen atoms in total. The number of benzene rings is 1. The quantitative estimate of drug-likeness (QED) is 0.514. The Hall–Kier alpha value is -1.71. The average Bonchev–Trinajstić information content (AvgIpc) is 2.37. The maximum Gasteiger partial charge on any atom is 0.251 e. The van der Waals surface area contributed by atoms with E-state index in [1.54, 1.807) is 12.1 Å². The SMILES string of the molecule is CCCCCNc1cc(C(=O)NCC)ccc1N. The number of unbranched alkanes of at least 4 members (excludes halogenated alkanes) is 2. The Bertz CT molecular complexity index is 391. The van der Waals surface area contributed by atoms with Crippen LogP contribution in [0.4, 0.5) is 11.4 Å². The number of nitrogen functional groups attached to an aromatic ring is 1. The predicted octanol–water partition coefficient (Wildman–Crippen LogP) is 2.62. The molecule has 0 aliphatic rings. The number of rotatable bonds is 7. The van der Waals surface area contributed by atoms with Gasteiger partial charge in [0.15, 0.2) is 0 Å². The standard InChI is InChI=1S/C14H23N3O/c1-3-5-6-9-17-13-10-11(7-8-12(13)15)14(18)16-4-2/h7-8,10,17H,3-6,9,15H2,1-2H3,(H,16,18). The summed E-state index contributed by atoms with van der Waals surface area (Å²) >= 11 is 0. The summed E-state index contributed by atoms with van der Waals surface area (Å²) in [7, 11) is 0. The number of amides is 1. The first kappa shape index (κ1) is 14.4. The third kappa shape index (κ3) is 4.28. The van der Waals surface area contributed by atoms with Gasteiger partial charge in [0.05, 0.1) is 11.4 Å². The molecule has 18 heavy (non-hydrogen) atoms. The number of hydrogen-bond donors (Lipinski definition) is 3. The summed E-state index contributed by atoms with van der Waals surface area (Å²) in [5, 5.41) is 6.06. The molecule has 0 spiro atoms. The number of hydrogen-bond acceptors (Lipinski definition) is 3. The second kappa shape index (κ2) is 7.58. The van der Waals surface area contributed by atoms with Crippen LogP contribution in [0, 0.1) is 0 Å². The fourth-order valence-corrected chi connectivity index (χ4v) is 1.71. The molecular weight excluding hydrogens is 226 g/mol. The lowest BCUT2D eigenvalue weighted by Crippen LogP contribution is -2.22. The van der Waals surface area contributed by atoms with Crippen LogP contribution in [0.2, 0.25) is 0 Å². The van der Waals surface area contributed by atoms with Gasteiger partial charge in [-0.25, -0.2) is 0 Å². The predicted molar refractivity (Wildman–Crippen MR) is 76.9 cm³/mol. The van der Waals surface area contributed by atoms with E-state index in [1.807, 2.05) is 13.0 Å². The van der Waals surface area contributed by atoms with E-state index in [1.165, 1.54) is 12.8 Å². The summed E-state index contributed by atoms with van der Waals surface area (Å²) in [5.74, 6) is -0.0610. The molecule has 0 unspecified atom stereocenters. The molecule has 4 heteroatoms. The molecular formula is C14H23N3O. The van der Waals surface area contributed by atoms with Crippen molar-refractivity contribution in [2.75, 3.05) is 24.1 Å². The lowest BCUT2D eigenvalue weighted by Gasteiger charge is -2.11. The minimum absolute atomic E-state index is 0.0610. The van der Waals surface area contributed by atoms with Gasteiger partial charge < -0.3 is 16.4 Å². The van der Waals surface area contributed by atoms with Crippen LogP contribution in [-0.2, 0) is 0 Å². The molecule has 1 aromatic rings. The van der Waals surface area contributed by atoms with Crippen molar-refractivity contribution in [2.24, 2.45) is 0 Å². The van der Waals surface area contributed by atoms with E-state index in [2.05, 4.69) is 17.6 Å². The lowest BCUT2D eigenvalue weighted by molar-refractivity contribution is 0.0956. The van der Waals surface area contributed by atoms with E-state index in [0.29, 0.717) is 17.8 Å². The molecule has 100 valence electrons. The van der Waals surface area contributed by atoms with Gasteiger partial charge in [-0.3, -0.25) is 4.79 Å². The van der Waals surface area contributed by atoms with Crippen LogP contribution in [0.15, 0.2) is 18.2 Å². The van der Waals surface area contributed by atoms with Gasteiger partial charge >= 0.3 is 0 Å². The molecule has 1 aromatic carbocycles. The molecule has 0 bridgehead atoms. The maximum absolute atomic E-state index is 11.7. The third-order valence-electron chi connectivity index (χ3n) is 2.75. The minimum atomic E-state index is -0.0610. The molecule has 4 N–H and O–H groups in total. The number of nitrogens with two attached hydrogens (primary N) is 1. The molecule has 1 amide bonds. The monoisotopic (exact) mass is 249 g/mol. The van der Waals surface area contributed by atoms with E-state index in [9.17, 15) is 4.79 Å². The van der Waals surface area contributed by atoms with E-state index < -0.39 is 0 Å². The van der Waals surface area contributed by atoms with Crippen LogP contribution >= 0.6 is 0 Å². The summed E-state index contributed by atoms with van der Waals surface area (Å²) in [6, 6.07) is 5.33. The molecule has 0 radical (unpaired) electrons. The largest absolute Gasteiger partial charge is 0.397 e. The summed E-state index contributed by atoms with van der Waals surface area (Å²) < 4.78 is 0. The molecule has 1 rings (SSSR count). The number of carbonyl (C=O) groups excluding carboxylic acids is 1. The highest BCUT2D eigenvalue weighted by Gasteiger charge is 2.07. The van der Waals surface area contributed by atoms with Gasteiger partial charge in [0, 0.05) is 18.7 Å². The van der Waals surface area contributed by atoms with Gasteiger partial charge in [-0.05, 0) is 31.5 Å². The first-order chi connectivity index (χ1) is 8.69. The maximum atomic E-state index is 11.7. The Morgan fingerprint density at radius 3 is 2.72 bits per heavy atom. The third-order valence-corrected chi connectivity index (χ3v) is 2.75. The van der Waals surface area contributed by atoms with E-state index in [4.69, 9.17) is 5.73 Å². The molecule has 0 heterocycles.